The molecule has 0 aromatic heterocycles. The molecule has 1 N–H and O–H groups in total. The van der Waals surface area contributed by atoms with Crippen molar-refractivity contribution < 1.29 is 0 Å². The first-order chi connectivity index (χ1) is 7.80. The van der Waals surface area contributed by atoms with Crippen LogP contribution >= 0.6 is 11.6 Å². The Bertz CT molecular complexity index is 377. The van der Waals surface area contributed by atoms with E-state index in [4.69, 9.17) is 11.6 Å². The topological polar surface area (TPSA) is 12.0 Å². The Labute approximate surface area is 102 Å². The fraction of sp³-hybridized carbons (Fsp3) is 0.571. The Kier molecular flexibility index (Phi) is 2.68. The Balaban J connectivity index is 1.94. The van der Waals surface area contributed by atoms with Gasteiger partial charge in [0.1, 0.15) is 0 Å². The van der Waals surface area contributed by atoms with Crippen LogP contribution in [-0.2, 0) is 0 Å². The molecule has 0 unspecified atom stereocenters. The largest absolute Gasteiger partial charge is 0.316 e. The number of rotatable bonds is 1. The molecule has 2 fully saturated rings. The summed E-state index contributed by atoms with van der Waals surface area (Å²) in [7, 11) is 0. The predicted molar refractivity (Wildman–Crippen MR) is 68.0 cm³/mol. The van der Waals surface area contributed by atoms with Crippen LogP contribution < -0.4 is 5.32 Å². The molecule has 1 saturated carbocycles. The lowest BCUT2D eigenvalue weighted by molar-refractivity contribution is 0.295. The standard InChI is InChI=1S/C14H18ClN/c15-12-5-3-4-11(8-12)13-9-16-10-14(13)6-1-2-7-14/h3-5,8,13,16H,1-2,6-7,9-10H2/t13-/m1/s1. The maximum Gasteiger partial charge on any atom is 0.0408 e. The zero-order valence-electron chi connectivity index (χ0n) is 9.51. The first-order valence-electron chi connectivity index (χ1n) is 6.26. The van der Waals surface area contributed by atoms with Gasteiger partial charge in [0.05, 0.1) is 0 Å². The monoisotopic (exact) mass is 235 g/mol. The fourth-order valence-electron chi connectivity index (χ4n) is 3.60. The van der Waals surface area contributed by atoms with Crippen LogP contribution in [0, 0.1) is 5.41 Å². The molecule has 1 saturated heterocycles. The van der Waals surface area contributed by atoms with Crippen molar-refractivity contribution in [3.8, 4) is 0 Å². The maximum absolute atomic E-state index is 6.10. The quantitative estimate of drug-likeness (QED) is 0.785. The molecule has 0 bridgehead atoms. The molecule has 86 valence electrons. The molecule has 1 spiro atoms. The molecule has 1 aliphatic carbocycles. The Morgan fingerprint density at radius 1 is 1.25 bits per heavy atom. The fourth-order valence-corrected chi connectivity index (χ4v) is 3.80. The number of hydrogen-bond acceptors (Lipinski definition) is 1. The summed E-state index contributed by atoms with van der Waals surface area (Å²) < 4.78 is 0. The van der Waals surface area contributed by atoms with Crippen molar-refractivity contribution in [2.75, 3.05) is 13.1 Å². The van der Waals surface area contributed by atoms with Gasteiger partial charge in [0.15, 0.2) is 0 Å². The molecule has 2 heteroatoms. The van der Waals surface area contributed by atoms with Crippen LogP contribution in [0.2, 0.25) is 5.02 Å². The molecular weight excluding hydrogens is 218 g/mol. The highest BCUT2D eigenvalue weighted by atomic mass is 35.5. The van der Waals surface area contributed by atoms with Crippen molar-refractivity contribution in [3.63, 3.8) is 0 Å². The van der Waals surface area contributed by atoms with E-state index in [1.165, 1.54) is 37.8 Å². The van der Waals surface area contributed by atoms with Crippen LogP contribution in [0.4, 0.5) is 0 Å². The van der Waals surface area contributed by atoms with Crippen molar-refractivity contribution in [1.82, 2.24) is 5.32 Å². The molecule has 3 rings (SSSR count). The summed E-state index contributed by atoms with van der Waals surface area (Å²) in [4.78, 5) is 0. The molecule has 1 atom stereocenters. The third-order valence-electron chi connectivity index (χ3n) is 4.42. The summed E-state index contributed by atoms with van der Waals surface area (Å²) in [6.45, 7) is 2.32. The second kappa shape index (κ2) is 4.05. The van der Waals surface area contributed by atoms with E-state index in [9.17, 15) is 0 Å². The Morgan fingerprint density at radius 2 is 2.06 bits per heavy atom. The zero-order valence-corrected chi connectivity index (χ0v) is 10.3. The van der Waals surface area contributed by atoms with Gasteiger partial charge in [-0.25, -0.2) is 0 Å². The van der Waals surface area contributed by atoms with E-state index >= 15 is 0 Å². The third kappa shape index (κ3) is 1.66. The second-order valence-corrected chi connectivity index (χ2v) is 5.74. The van der Waals surface area contributed by atoms with E-state index < -0.39 is 0 Å². The lowest BCUT2D eigenvalue weighted by Gasteiger charge is -2.30. The summed E-state index contributed by atoms with van der Waals surface area (Å²) >= 11 is 6.10. The second-order valence-electron chi connectivity index (χ2n) is 5.31. The van der Waals surface area contributed by atoms with Crippen LogP contribution in [0.3, 0.4) is 0 Å². The van der Waals surface area contributed by atoms with Gasteiger partial charge in [-0.3, -0.25) is 0 Å². The van der Waals surface area contributed by atoms with Crippen molar-refractivity contribution in [2.45, 2.75) is 31.6 Å². The summed E-state index contributed by atoms with van der Waals surface area (Å²) in [5, 5.41) is 4.45. The third-order valence-corrected chi connectivity index (χ3v) is 4.65. The molecule has 0 radical (unpaired) electrons. The lowest BCUT2D eigenvalue weighted by Crippen LogP contribution is -2.25. The molecule has 1 aliphatic heterocycles. The van der Waals surface area contributed by atoms with E-state index in [0.29, 0.717) is 11.3 Å². The Morgan fingerprint density at radius 3 is 2.81 bits per heavy atom. The van der Waals surface area contributed by atoms with Gasteiger partial charge in [0.25, 0.3) is 0 Å². The van der Waals surface area contributed by atoms with Crippen LogP contribution in [0.1, 0.15) is 37.2 Å². The van der Waals surface area contributed by atoms with Gasteiger partial charge in [-0.2, -0.15) is 0 Å². The molecule has 1 heterocycles. The van der Waals surface area contributed by atoms with Crippen LogP contribution in [0.5, 0.6) is 0 Å². The smallest absolute Gasteiger partial charge is 0.0408 e. The van der Waals surface area contributed by atoms with Crippen molar-refractivity contribution in [2.24, 2.45) is 5.41 Å². The highest BCUT2D eigenvalue weighted by molar-refractivity contribution is 6.30. The number of halogens is 1. The summed E-state index contributed by atoms with van der Waals surface area (Å²) in [5.41, 5.74) is 1.96. The van der Waals surface area contributed by atoms with E-state index in [1.54, 1.807) is 0 Å². The molecule has 16 heavy (non-hydrogen) atoms. The minimum absolute atomic E-state index is 0.532. The van der Waals surface area contributed by atoms with Crippen LogP contribution in [0.15, 0.2) is 24.3 Å². The predicted octanol–water partition coefficient (Wildman–Crippen LogP) is 3.59. The van der Waals surface area contributed by atoms with Gasteiger partial charge < -0.3 is 5.32 Å². The molecule has 1 nitrogen and oxygen atoms in total. The highest BCUT2D eigenvalue weighted by Gasteiger charge is 2.45. The summed E-state index contributed by atoms with van der Waals surface area (Å²) in [6, 6.07) is 8.44. The van der Waals surface area contributed by atoms with Crippen molar-refractivity contribution >= 4 is 11.6 Å². The minimum Gasteiger partial charge on any atom is -0.316 e. The number of nitrogens with one attached hydrogen (secondary N) is 1. The minimum atomic E-state index is 0.532. The average Bonchev–Trinajstić information content (AvgIpc) is 2.90. The van der Waals surface area contributed by atoms with Gasteiger partial charge in [-0.05, 0) is 36.0 Å². The lowest BCUT2D eigenvalue weighted by atomic mass is 9.73. The average molecular weight is 236 g/mol. The van der Waals surface area contributed by atoms with E-state index in [0.717, 1.165) is 11.6 Å². The maximum atomic E-state index is 6.10. The number of benzene rings is 1. The first-order valence-corrected chi connectivity index (χ1v) is 6.64. The SMILES string of the molecule is Clc1cccc([C@H]2CNCC23CCCC3)c1. The van der Waals surface area contributed by atoms with Crippen molar-refractivity contribution in [3.05, 3.63) is 34.9 Å². The molecule has 2 aliphatic rings. The van der Waals surface area contributed by atoms with Gasteiger partial charge in [-0.15, -0.1) is 0 Å². The molecular formula is C14H18ClN. The zero-order chi connectivity index (χ0) is 11.0. The van der Waals surface area contributed by atoms with E-state index in [2.05, 4.69) is 23.5 Å². The highest BCUT2D eigenvalue weighted by Crippen LogP contribution is 2.50. The van der Waals surface area contributed by atoms with Crippen molar-refractivity contribution in [1.29, 1.82) is 0 Å². The Hall–Kier alpha value is -0.530. The molecule has 0 amide bonds. The van der Waals surface area contributed by atoms with E-state index in [-0.39, 0.29) is 0 Å². The number of hydrogen-bond donors (Lipinski definition) is 1. The normalized spacial score (nSPS) is 27.7. The molecule has 1 aromatic carbocycles. The molecule has 1 aromatic rings. The van der Waals surface area contributed by atoms with Gasteiger partial charge >= 0.3 is 0 Å². The first kappa shape index (κ1) is 10.6. The van der Waals surface area contributed by atoms with Crippen LogP contribution in [-0.4, -0.2) is 13.1 Å². The van der Waals surface area contributed by atoms with Gasteiger partial charge in [0.2, 0.25) is 0 Å². The summed E-state index contributed by atoms with van der Waals surface area (Å²) in [6.07, 6.45) is 5.58. The van der Waals surface area contributed by atoms with E-state index in [1.807, 2.05) is 6.07 Å². The van der Waals surface area contributed by atoms with Crippen LogP contribution in [0.25, 0.3) is 0 Å². The summed E-state index contributed by atoms with van der Waals surface area (Å²) in [5.74, 6) is 0.675. The van der Waals surface area contributed by atoms with Gasteiger partial charge in [0, 0.05) is 24.0 Å². The van der Waals surface area contributed by atoms with Gasteiger partial charge in [-0.1, -0.05) is 36.6 Å².